The molecule has 0 aliphatic carbocycles. The Hall–Kier alpha value is -4.33. The molecule has 0 bridgehead atoms. The number of nitrogens with zero attached hydrogens (tertiary/aromatic N) is 3. The number of non-ortho nitro benzene ring substituents is 1. The maximum Gasteiger partial charge on any atom is 0.296 e. The van der Waals surface area contributed by atoms with E-state index in [4.69, 9.17) is 4.42 Å². The minimum atomic E-state index is -0.904. The summed E-state index contributed by atoms with van der Waals surface area (Å²) in [6.45, 7) is 1.87. The fourth-order valence-corrected chi connectivity index (χ4v) is 3.88. The van der Waals surface area contributed by atoms with Gasteiger partial charge in [-0.1, -0.05) is 30.3 Å². The van der Waals surface area contributed by atoms with E-state index in [-0.39, 0.29) is 22.4 Å². The number of para-hydroxylation sites is 1. The Morgan fingerprint density at radius 2 is 1.87 bits per heavy atom. The predicted octanol–water partition coefficient (Wildman–Crippen LogP) is 4.15. The molecular weight excluding hydrogens is 398 g/mol. The number of carbonyl (C=O) groups is 1. The first-order valence-corrected chi connectivity index (χ1v) is 9.52. The Bertz CT molecular complexity index is 1430. The number of hydrogen-bond donors (Lipinski definition) is 0. The van der Waals surface area contributed by atoms with Crippen LogP contribution >= 0.6 is 0 Å². The number of aromatic nitrogens is 1. The number of pyridine rings is 1. The van der Waals surface area contributed by atoms with E-state index < -0.39 is 16.9 Å². The average molecular weight is 413 g/mol. The minimum Gasteiger partial charge on any atom is -0.450 e. The summed E-state index contributed by atoms with van der Waals surface area (Å²) in [5.74, 6) is -0.282. The fourth-order valence-electron chi connectivity index (χ4n) is 3.88. The lowest BCUT2D eigenvalue weighted by Gasteiger charge is -2.24. The topological polar surface area (TPSA) is 107 Å². The molecule has 5 rings (SSSR count). The Kier molecular flexibility index (Phi) is 4.14. The van der Waals surface area contributed by atoms with Gasteiger partial charge in [-0.25, -0.2) is 4.98 Å². The molecule has 8 heteroatoms. The summed E-state index contributed by atoms with van der Waals surface area (Å²) in [6.07, 6.45) is 1.61. The Morgan fingerprint density at radius 3 is 2.61 bits per heavy atom. The molecule has 0 spiro atoms. The van der Waals surface area contributed by atoms with E-state index in [9.17, 15) is 19.7 Å². The monoisotopic (exact) mass is 413 g/mol. The van der Waals surface area contributed by atoms with E-state index in [1.165, 1.54) is 23.1 Å². The molecule has 0 radical (unpaired) electrons. The highest BCUT2D eigenvalue weighted by atomic mass is 16.6. The van der Waals surface area contributed by atoms with Crippen LogP contribution in [-0.2, 0) is 0 Å². The number of rotatable bonds is 3. The quantitative estimate of drug-likeness (QED) is 0.369. The number of amides is 1. The highest BCUT2D eigenvalue weighted by Gasteiger charge is 2.44. The number of carbonyl (C=O) groups excluding carboxylic acids is 1. The second kappa shape index (κ2) is 6.88. The number of nitro groups is 1. The molecule has 3 heterocycles. The second-order valence-electron chi connectivity index (χ2n) is 7.29. The molecule has 1 aliphatic rings. The molecule has 8 nitrogen and oxygen atoms in total. The SMILES string of the molecule is Cc1ccc(N2C(=O)c3oc4ccccc4c(=O)c3[C@@H]2c2cccc([N+](=O)[O-])c2)nc1. The zero-order valence-corrected chi connectivity index (χ0v) is 16.3. The Labute approximate surface area is 175 Å². The Morgan fingerprint density at radius 1 is 1.06 bits per heavy atom. The van der Waals surface area contributed by atoms with E-state index in [2.05, 4.69) is 4.98 Å². The van der Waals surface area contributed by atoms with Gasteiger partial charge in [0.1, 0.15) is 11.4 Å². The van der Waals surface area contributed by atoms with Gasteiger partial charge >= 0.3 is 0 Å². The summed E-state index contributed by atoms with van der Waals surface area (Å²) in [7, 11) is 0. The van der Waals surface area contributed by atoms with Crippen molar-refractivity contribution < 1.29 is 14.1 Å². The van der Waals surface area contributed by atoms with Crippen LogP contribution in [0.3, 0.4) is 0 Å². The third-order valence-electron chi connectivity index (χ3n) is 5.32. The first kappa shape index (κ1) is 18.7. The lowest BCUT2D eigenvalue weighted by Crippen LogP contribution is -2.30. The van der Waals surface area contributed by atoms with Crippen molar-refractivity contribution in [2.75, 3.05) is 4.90 Å². The summed E-state index contributed by atoms with van der Waals surface area (Å²) in [5, 5.41) is 11.7. The lowest BCUT2D eigenvalue weighted by molar-refractivity contribution is -0.384. The zero-order chi connectivity index (χ0) is 21.7. The van der Waals surface area contributed by atoms with Crippen LogP contribution in [0, 0.1) is 17.0 Å². The summed E-state index contributed by atoms with van der Waals surface area (Å²) < 4.78 is 5.85. The van der Waals surface area contributed by atoms with Gasteiger partial charge < -0.3 is 4.42 Å². The van der Waals surface area contributed by atoms with Crippen molar-refractivity contribution in [3.05, 3.63) is 110 Å². The zero-order valence-electron chi connectivity index (χ0n) is 16.3. The maximum atomic E-state index is 13.4. The molecular formula is C23H15N3O5. The van der Waals surface area contributed by atoms with Crippen LogP contribution in [0.1, 0.15) is 33.3 Å². The van der Waals surface area contributed by atoms with Gasteiger partial charge in [0.15, 0.2) is 5.43 Å². The van der Waals surface area contributed by atoms with Crippen LogP contribution in [0.15, 0.2) is 76.1 Å². The summed E-state index contributed by atoms with van der Waals surface area (Å²) in [5.41, 5.74) is 1.28. The number of anilines is 1. The van der Waals surface area contributed by atoms with Gasteiger partial charge in [0.2, 0.25) is 5.76 Å². The van der Waals surface area contributed by atoms with Gasteiger partial charge in [-0.3, -0.25) is 24.6 Å². The molecule has 0 unspecified atom stereocenters. The van der Waals surface area contributed by atoms with Crippen LogP contribution in [0.4, 0.5) is 11.5 Å². The number of hydrogen-bond acceptors (Lipinski definition) is 6. The third kappa shape index (κ3) is 2.88. The molecule has 0 fully saturated rings. The minimum absolute atomic E-state index is 0.0809. The molecule has 1 aliphatic heterocycles. The molecule has 0 N–H and O–H groups in total. The number of nitro benzene ring substituents is 1. The third-order valence-corrected chi connectivity index (χ3v) is 5.32. The normalized spacial score (nSPS) is 15.3. The van der Waals surface area contributed by atoms with Gasteiger partial charge in [0.05, 0.1) is 21.9 Å². The van der Waals surface area contributed by atoms with Crippen molar-refractivity contribution in [3.63, 3.8) is 0 Å². The van der Waals surface area contributed by atoms with E-state index in [0.29, 0.717) is 22.4 Å². The number of aryl methyl sites for hydroxylation is 1. The van der Waals surface area contributed by atoms with Gasteiger partial charge in [0, 0.05) is 18.3 Å². The van der Waals surface area contributed by atoms with E-state index in [0.717, 1.165) is 5.56 Å². The highest BCUT2D eigenvalue weighted by Crippen LogP contribution is 2.41. The largest absolute Gasteiger partial charge is 0.450 e. The first-order valence-electron chi connectivity index (χ1n) is 9.52. The highest BCUT2D eigenvalue weighted by molar-refractivity contribution is 6.10. The lowest BCUT2D eigenvalue weighted by atomic mass is 9.98. The van der Waals surface area contributed by atoms with Crippen LogP contribution in [0.2, 0.25) is 0 Å². The smallest absolute Gasteiger partial charge is 0.296 e. The Balaban J connectivity index is 1.81. The van der Waals surface area contributed by atoms with Gasteiger partial charge in [-0.2, -0.15) is 0 Å². The van der Waals surface area contributed by atoms with Crippen LogP contribution in [0.5, 0.6) is 0 Å². The second-order valence-corrected chi connectivity index (χ2v) is 7.29. The molecule has 2 aromatic carbocycles. The first-order chi connectivity index (χ1) is 15.0. The predicted molar refractivity (Wildman–Crippen MR) is 113 cm³/mol. The number of fused-ring (bicyclic) bond motifs is 2. The van der Waals surface area contributed by atoms with Gasteiger partial charge in [-0.05, 0) is 36.2 Å². The fraction of sp³-hybridized carbons (Fsp3) is 0.0870. The van der Waals surface area contributed by atoms with E-state index in [1.54, 1.807) is 48.7 Å². The molecule has 4 aromatic rings. The maximum absolute atomic E-state index is 13.4. The van der Waals surface area contributed by atoms with Crippen molar-refractivity contribution in [3.8, 4) is 0 Å². The molecule has 31 heavy (non-hydrogen) atoms. The summed E-state index contributed by atoms with van der Waals surface area (Å²) in [4.78, 5) is 43.3. The molecule has 2 aromatic heterocycles. The van der Waals surface area contributed by atoms with E-state index in [1.807, 2.05) is 6.92 Å². The van der Waals surface area contributed by atoms with Crippen molar-refractivity contribution in [2.45, 2.75) is 13.0 Å². The van der Waals surface area contributed by atoms with Gasteiger partial charge in [-0.15, -0.1) is 0 Å². The van der Waals surface area contributed by atoms with Crippen molar-refractivity contribution >= 4 is 28.4 Å². The summed E-state index contributed by atoms with van der Waals surface area (Å²) in [6, 6.07) is 15.2. The standard InChI is InChI=1S/C23H15N3O5/c1-13-9-10-18(24-12-13)25-20(14-5-4-6-15(11-14)26(29)30)19-21(27)16-7-2-3-8-17(16)31-22(19)23(25)28/h2-12,20H,1H3/t20-/m0/s1. The van der Waals surface area contributed by atoms with Crippen molar-refractivity contribution in [1.29, 1.82) is 0 Å². The average Bonchev–Trinajstić information content (AvgIpc) is 3.07. The molecule has 0 saturated heterocycles. The van der Waals surface area contributed by atoms with Crippen LogP contribution in [-0.4, -0.2) is 15.8 Å². The molecule has 1 amide bonds. The molecule has 152 valence electrons. The van der Waals surface area contributed by atoms with Crippen LogP contribution < -0.4 is 10.3 Å². The molecule has 0 saturated carbocycles. The van der Waals surface area contributed by atoms with Crippen LogP contribution in [0.25, 0.3) is 11.0 Å². The van der Waals surface area contributed by atoms with Gasteiger partial charge in [0.25, 0.3) is 11.6 Å². The van der Waals surface area contributed by atoms with Crippen molar-refractivity contribution in [2.24, 2.45) is 0 Å². The summed E-state index contributed by atoms with van der Waals surface area (Å²) >= 11 is 0. The molecule has 1 atom stereocenters. The van der Waals surface area contributed by atoms with E-state index >= 15 is 0 Å². The number of benzene rings is 2. The van der Waals surface area contributed by atoms with Crippen molar-refractivity contribution in [1.82, 2.24) is 4.98 Å².